The third-order valence-corrected chi connectivity index (χ3v) is 5.84. The number of carbonyl (C=O) groups is 2. The molecular formula is C23H37F2N9O2. The maximum absolute atomic E-state index is 13.4. The van der Waals surface area contributed by atoms with Gasteiger partial charge in [0.25, 0.3) is 5.91 Å². The Balaban J connectivity index is 2.19. The molecule has 0 aromatic heterocycles. The lowest BCUT2D eigenvalue weighted by molar-refractivity contribution is -0.127. The van der Waals surface area contributed by atoms with Crippen molar-refractivity contribution in [3.63, 3.8) is 0 Å². The lowest BCUT2D eigenvalue weighted by atomic mass is 9.88. The maximum atomic E-state index is 13.4. The second-order valence-corrected chi connectivity index (χ2v) is 9.09. The monoisotopic (exact) mass is 509 g/mol. The average molecular weight is 510 g/mol. The first-order chi connectivity index (χ1) is 17.1. The van der Waals surface area contributed by atoms with Gasteiger partial charge >= 0.3 is 6.55 Å². The van der Waals surface area contributed by atoms with E-state index < -0.39 is 24.4 Å². The number of carbonyl (C=O) groups excluding carboxylic acids is 2. The van der Waals surface area contributed by atoms with Crippen LogP contribution in [0.5, 0.6) is 0 Å². The fourth-order valence-corrected chi connectivity index (χ4v) is 3.91. The van der Waals surface area contributed by atoms with Crippen LogP contribution in [0.2, 0.25) is 0 Å². The zero-order valence-electron chi connectivity index (χ0n) is 20.6. The second kappa shape index (κ2) is 13.6. The average Bonchev–Trinajstić information content (AvgIpc) is 3.74. The van der Waals surface area contributed by atoms with Crippen molar-refractivity contribution in [2.45, 2.75) is 58.2 Å². The van der Waals surface area contributed by atoms with E-state index in [1.807, 2.05) is 13.8 Å². The van der Waals surface area contributed by atoms with Gasteiger partial charge in [0.05, 0.1) is 17.9 Å². The quantitative estimate of drug-likeness (QED) is 0.0845. The number of nitrogens with two attached hydrogens (primary N) is 4. The summed E-state index contributed by atoms with van der Waals surface area (Å²) in [6.45, 7) is 0.432. The largest absolute Gasteiger partial charge is 0.405 e. The third kappa shape index (κ3) is 8.63. The van der Waals surface area contributed by atoms with Crippen molar-refractivity contribution in [3.05, 3.63) is 36.1 Å². The van der Waals surface area contributed by atoms with Crippen molar-refractivity contribution in [3.8, 4) is 0 Å². The van der Waals surface area contributed by atoms with Crippen LogP contribution in [-0.4, -0.2) is 53.9 Å². The number of amides is 2. The van der Waals surface area contributed by atoms with Crippen molar-refractivity contribution in [1.82, 2.24) is 15.6 Å². The van der Waals surface area contributed by atoms with E-state index in [0.29, 0.717) is 11.8 Å². The summed E-state index contributed by atoms with van der Waals surface area (Å²) in [6, 6.07) is -0.982. The van der Waals surface area contributed by atoms with Gasteiger partial charge in [-0.15, -0.1) is 0 Å². The fourth-order valence-electron chi connectivity index (χ4n) is 3.91. The molecule has 0 radical (unpaired) electrons. The molecule has 2 fully saturated rings. The Hall–Kier alpha value is -3.48. The van der Waals surface area contributed by atoms with Crippen molar-refractivity contribution >= 4 is 23.7 Å². The summed E-state index contributed by atoms with van der Waals surface area (Å²) < 4.78 is 25.6. The van der Waals surface area contributed by atoms with Gasteiger partial charge in [-0.05, 0) is 69.6 Å². The molecule has 0 aromatic carbocycles. The highest BCUT2D eigenvalue weighted by Crippen LogP contribution is 2.50. The summed E-state index contributed by atoms with van der Waals surface area (Å²) in [7, 11) is 0. The van der Waals surface area contributed by atoms with Crippen LogP contribution >= 0.6 is 0 Å². The number of allylic oxidation sites excluding steroid dienone is 1. The van der Waals surface area contributed by atoms with Crippen LogP contribution in [0.1, 0.15) is 39.5 Å². The molecule has 2 amide bonds. The summed E-state index contributed by atoms with van der Waals surface area (Å²) in [5.41, 5.74) is 16.6. The Morgan fingerprint density at radius 3 is 2.14 bits per heavy atom. The minimum absolute atomic E-state index is 0.0318. The molecule has 13 heteroatoms. The first-order valence-corrected chi connectivity index (χ1v) is 11.8. The topological polar surface area (TPSA) is 190 Å². The molecule has 0 heterocycles. The van der Waals surface area contributed by atoms with Crippen LogP contribution in [0.4, 0.5) is 8.78 Å². The lowest BCUT2D eigenvalue weighted by Gasteiger charge is -2.27. The van der Waals surface area contributed by atoms with E-state index in [0.717, 1.165) is 38.1 Å². The Labute approximate surface area is 209 Å². The molecule has 2 aliphatic carbocycles. The molecule has 2 aliphatic rings. The number of aliphatic imine (C=N–C) groups is 2. The number of hydrogen-bond acceptors (Lipinski definition) is 9. The Bertz CT molecular complexity index is 911. The third-order valence-electron chi connectivity index (χ3n) is 5.84. The van der Waals surface area contributed by atoms with Gasteiger partial charge in [-0.25, -0.2) is 5.84 Å². The number of nitrogens with zero attached hydrogens (tertiary/aromatic N) is 3. The van der Waals surface area contributed by atoms with Crippen molar-refractivity contribution in [2.75, 3.05) is 6.54 Å². The van der Waals surface area contributed by atoms with Gasteiger partial charge in [0.2, 0.25) is 5.91 Å². The summed E-state index contributed by atoms with van der Waals surface area (Å²) in [6.07, 6.45) is 9.84. The van der Waals surface area contributed by atoms with Gasteiger partial charge in [0.15, 0.2) is 0 Å². The molecule has 1 unspecified atom stereocenters. The maximum Gasteiger partial charge on any atom is 0.327 e. The SMILES string of the molecule is CC(C)N=C(/C=C\N)C(=O)NC(C(=O)N/C(C=NC/C(=C/N)N(N)C(F)F)=C/N)C(C1CC1)C1CC1. The first kappa shape index (κ1) is 28.8. The fraction of sp³-hybridized carbons (Fsp3) is 0.565. The summed E-state index contributed by atoms with van der Waals surface area (Å²) >= 11 is 0. The standard InChI is InChI=1S/C23H37F2N9O2/c1-13(2)31-18(7-8-26)21(35)33-20(19(14-3-4-14)15-5-6-15)22(36)32-16(9-27)11-30-12-17(10-28)34(29)23(24)25/h7-11,13-15,19-20,23H,3-6,12,26-29H2,1-2H3,(H,32,36)(H,33,35)/b8-7-,16-9+,17-10-,30-11?,31-18?. The van der Waals surface area contributed by atoms with Crippen LogP contribution in [0.25, 0.3) is 0 Å². The molecule has 2 saturated carbocycles. The lowest BCUT2D eigenvalue weighted by Crippen LogP contribution is -2.53. The van der Waals surface area contributed by atoms with Crippen LogP contribution in [0.15, 0.2) is 46.1 Å². The van der Waals surface area contributed by atoms with Gasteiger partial charge in [-0.3, -0.25) is 24.6 Å². The van der Waals surface area contributed by atoms with Gasteiger partial charge in [-0.1, -0.05) is 0 Å². The van der Waals surface area contributed by atoms with E-state index in [-0.39, 0.29) is 40.6 Å². The minimum atomic E-state index is -2.95. The van der Waals surface area contributed by atoms with Gasteiger partial charge in [0.1, 0.15) is 11.8 Å². The molecule has 10 N–H and O–H groups in total. The first-order valence-electron chi connectivity index (χ1n) is 11.8. The Kier molecular flexibility index (Phi) is 10.8. The van der Waals surface area contributed by atoms with E-state index in [2.05, 4.69) is 20.6 Å². The van der Waals surface area contributed by atoms with Gasteiger partial charge in [-0.2, -0.15) is 8.78 Å². The van der Waals surface area contributed by atoms with Crippen LogP contribution in [0.3, 0.4) is 0 Å². The highest BCUT2D eigenvalue weighted by molar-refractivity contribution is 6.43. The molecule has 0 aromatic rings. The van der Waals surface area contributed by atoms with E-state index >= 15 is 0 Å². The van der Waals surface area contributed by atoms with Crippen LogP contribution in [0, 0.1) is 17.8 Å². The highest BCUT2D eigenvalue weighted by Gasteiger charge is 2.48. The summed E-state index contributed by atoms with van der Waals surface area (Å²) in [5.74, 6) is 4.94. The minimum Gasteiger partial charge on any atom is -0.405 e. The zero-order chi connectivity index (χ0) is 26.8. The molecule has 36 heavy (non-hydrogen) atoms. The van der Waals surface area contributed by atoms with E-state index in [1.54, 1.807) is 0 Å². The summed E-state index contributed by atoms with van der Waals surface area (Å²) in [5, 5.41) is 5.73. The normalized spacial score (nSPS) is 18.5. The molecule has 0 spiro atoms. The number of alkyl halides is 2. The van der Waals surface area contributed by atoms with E-state index in [4.69, 9.17) is 23.0 Å². The smallest absolute Gasteiger partial charge is 0.327 e. The number of halogens is 2. The molecule has 0 aliphatic heterocycles. The van der Waals surface area contributed by atoms with Crippen molar-refractivity contribution in [2.24, 2.45) is 50.8 Å². The number of rotatable bonds is 14. The zero-order valence-corrected chi connectivity index (χ0v) is 20.6. The molecule has 0 saturated heterocycles. The van der Waals surface area contributed by atoms with Crippen LogP contribution in [-0.2, 0) is 9.59 Å². The van der Waals surface area contributed by atoms with Crippen LogP contribution < -0.4 is 33.7 Å². The molecule has 0 bridgehead atoms. The number of nitrogens with one attached hydrogen (secondary N) is 2. The Morgan fingerprint density at radius 2 is 1.69 bits per heavy atom. The van der Waals surface area contributed by atoms with E-state index in [1.165, 1.54) is 18.5 Å². The molecule has 200 valence electrons. The van der Waals surface area contributed by atoms with Gasteiger partial charge < -0.3 is 27.8 Å². The molecule has 11 nitrogen and oxygen atoms in total. The van der Waals surface area contributed by atoms with E-state index in [9.17, 15) is 18.4 Å². The number of hydrazine groups is 1. The van der Waals surface area contributed by atoms with Crippen molar-refractivity contribution in [1.29, 1.82) is 0 Å². The summed E-state index contributed by atoms with van der Waals surface area (Å²) in [4.78, 5) is 34.7. The van der Waals surface area contributed by atoms with Crippen molar-refractivity contribution < 1.29 is 18.4 Å². The molecule has 2 rings (SSSR count). The predicted octanol–water partition coefficient (Wildman–Crippen LogP) is 0.415. The second-order valence-electron chi connectivity index (χ2n) is 9.09. The molecular weight excluding hydrogens is 472 g/mol. The Morgan fingerprint density at radius 1 is 1.08 bits per heavy atom. The number of hydrogen-bond donors (Lipinski definition) is 6. The predicted molar refractivity (Wildman–Crippen MR) is 135 cm³/mol. The van der Waals surface area contributed by atoms with Gasteiger partial charge in [0, 0.05) is 24.7 Å². The molecule has 1 atom stereocenters. The highest BCUT2D eigenvalue weighted by atomic mass is 19.3.